The summed E-state index contributed by atoms with van der Waals surface area (Å²) in [4.78, 5) is 0. The van der Waals surface area contributed by atoms with Crippen molar-refractivity contribution in [3.8, 4) is 0 Å². The Morgan fingerprint density at radius 2 is 2.18 bits per heavy atom. The monoisotopic (exact) mass is 276 g/mol. The van der Waals surface area contributed by atoms with Crippen LogP contribution in [0, 0.1) is 0 Å². The van der Waals surface area contributed by atoms with Crippen LogP contribution < -0.4 is 5.73 Å². The van der Waals surface area contributed by atoms with Crippen molar-refractivity contribution in [3.63, 3.8) is 0 Å². The standard InChI is InChI=1S/C9H16N4O2S2/c1-17(14,15)5-4-16-9-12-11-8(6-10)13(9)7-2-3-7/h7H,2-6,10H2,1H3. The number of thioether (sulfide) groups is 1. The fourth-order valence-electron chi connectivity index (χ4n) is 1.53. The Morgan fingerprint density at radius 3 is 2.71 bits per heavy atom. The van der Waals surface area contributed by atoms with E-state index in [0.717, 1.165) is 23.8 Å². The van der Waals surface area contributed by atoms with Gasteiger partial charge in [0.25, 0.3) is 0 Å². The maximum atomic E-state index is 11.0. The maximum absolute atomic E-state index is 11.0. The number of hydrogen-bond donors (Lipinski definition) is 1. The molecule has 6 nitrogen and oxygen atoms in total. The van der Waals surface area contributed by atoms with Gasteiger partial charge in [-0.25, -0.2) is 8.42 Å². The summed E-state index contributed by atoms with van der Waals surface area (Å²) in [6.45, 7) is 0.371. The molecule has 1 aromatic rings. The maximum Gasteiger partial charge on any atom is 0.191 e. The fourth-order valence-corrected chi connectivity index (χ4v) is 3.75. The van der Waals surface area contributed by atoms with Gasteiger partial charge in [-0.1, -0.05) is 11.8 Å². The SMILES string of the molecule is CS(=O)(=O)CCSc1nnc(CN)n1C1CC1. The molecule has 8 heteroatoms. The average Bonchev–Trinajstić information content (AvgIpc) is 2.99. The number of sulfone groups is 1. The highest BCUT2D eigenvalue weighted by Gasteiger charge is 2.29. The van der Waals surface area contributed by atoms with Crippen LogP contribution in [0.4, 0.5) is 0 Å². The lowest BCUT2D eigenvalue weighted by atomic mass is 10.5. The molecule has 1 saturated carbocycles. The quantitative estimate of drug-likeness (QED) is 0.747. The third kappa shape index (κ3) is 3.43. The van der Waals surface area contributed by atoms with Crippen molar-refractivity contribution in [1.29, 1.82) is 0 Å². The van der Waals surface area contributed by atoms with Crippen LogP contribution in [0.5, 0.6) is 0 Å². The van der Waals surface area contributed by atoms with Gasteiger partial charge in [-0.15, -0.1) is 10.2 Å². The minimum atomic E-state index is -2.91. The molecule has 0 saturated heterocycles. The second kappa shape index (κ2) is 4.95. The van der Waals surface area contributed by atoms with Crippen LogP contribution in [0.3, 0.4) is 0 Å². The van der Waals surface area contributed by atoms with Crippen LogP contribution in [0.15, 0.2) is 5.16 Å². The van der Waals surface area contributed by atoms with Crippen molar-refractivity contribution in [2.24, 2.45) is 5.73 Å². The summed E-state index contributed by atoms with van der Waals surface area (Å²) in [7, 11) is -2.91. The highest BCUT2D eigenvalue weighted by molar-refractivity contribution is 8.00. The molecule has 2 N–H and O–H groups in total. The predicted molar refractivity (Wildman–Crippen MR) is 66.6 cm³/mol. The molecule has 1 fully saturated rings. The molecule has 2 rings (SSSR count). The van der Waals surface area contributed by atoms with Crippen molar-refractivity contribution in [2.75, 3.05) is 17.8 Å². The van der Waals surface area contributed by atoms with E-state index < -0.39 is 9.84 Å². The highest BCUT2D eigenvalue weighted by atomic mass is 32.2. The molecule has 1 aliphatic rings. The van der Waals surface area contributed by atoms with Crippen molar-refractivity contribution in [1.82, 2.24) is 14.8 Å². The van der Waals surface area contributed by atoms with Crippen molar-refractivity contribution in [3.05, 3.63) is 5.82 Å². The first-order valence-corrected chi connectivity index (χ1v) is 8.50. The Labute approximate surface area is 105 Å². The molecule has 0 aliphatic heterocycles. The van der Waals surface area contributed by atoms with E-state index in [9.17, 15) is 8.42 Å². The van der Waals surface area contributed by atoms with Gasteiger partial charge in [-0.2, -0.15) is 0 Å². The fraction of sp³-hybridized carbons (Fsp3) is 0.778. The zero-order valence-corrected chi connectivity index (χ0v) is 11.3. The summed E-state index contributed by atoms with van der Waals surface area (Å²) in [6, 6.07) is 0.462. The number of nitrogens with zero attached hydrogens (tertiary/aromatic N) is 3. The van der Waals surface area contributed by atoms with Gasteiger partial charge in [0.15, 0.2) is 5.16 Å². The molecule has 0 unspecified atom stereocenters. The molecule has 1 aromatic heterocycles. The summed E-state index contributed by atoms with van der Waals surface area (Å²) >= 11 is 1.43. The van der Waals surface area contributed by atoms with E-state index >= 15 is 0 Å². The molecule has 0 bridgehead atoms. The molecule has 0 aromatic carbocycles. The van der Waals surface area contributed by atoms with Gasteiger partial charge < -0.3 is 10.3 Å². The summed E-state index contributed by atoms with van der Waals surface area (Å²) in [5.74, 6) is 1.45. The Bertz CT molecular complexity index is 493. The molecular formula is C9H16N4O2S2. The zero-order chi connectivity index (χ0) is 12.5. The predicted octanol–water partition coefficient (Wildman–Crippen LogP) is 0.208. The van der Waals surface area contributed by atoms with Crippen molar-refractivity contribution >= 4 is 21.6 Å². The van der Waals surface area contributed by atoms with E-state index in [1.807, 2.05) is 4.57 Å². The largest absolute Gasteiger partial charge is 0.324 e. The normalized spacial score (nSPS) is 16.4. The van der Waals surface area contributed by atoms with Gasteiger partial charge in [-0.3, -0.25) is 0 Å². The van der Waals surface area contributed by atoms with Gasteiger partial charge in [0.1, 0.15) is 15.7 Å². The van der Waals surface area contributed by atoms with E-state index in [-0.39, 0.29) is 5.75 Å². The molecule has 0 amide bonds. The van der Waals surface area contributed by atoms with Crippen LogP contribution in [-0.4, -0.2) is 40.9 Å². The van der Waals surface area contributed by atoms with Gasteiger partial charge in [0.2, 0.25) is 0 Å². The molecular weight excluding hydrogens is 260 g/mol. The van der Waals surface area contributed by atoms with Gasteiger partial charge in [-0.05, 0) is 12.8 Å². The smallest absolute Gasteiger partial charge is 0.191 e. The van der Waals surface area contributed by atoms with Gasteiger partial charge >= 0.3 is 0 Å². The molecule has 0 radical (unpaired) electrons. The molecule has 0 atom stereocenters. The van der Waals surface area contributed by atoms with E-state index in [1.165, 1.54) is 18.0 Å². The number of hydrogen-bond acceptors (Lipinski definition) is 6. The molecule has 1 heterocycles. The average molecular weight is 276 g/mol. The van der Waals surface area contributed by atoms with E-state index in [1.54, 1.807) is 0 Å². The van der Waals surface area contributed by atoms with Crippen molar-refractivity contribution in [2.45, 2.75) is 30.6 Å². The number of nitrogens with two attached hydrogens (primary N) is 1. The lowest BCUT2D eigenvalue weighted by molar-refractivity contribution is 0.603. The minimum absolute atomic E-state index is 0.160. The van der Waals surface area contributed by atoms with E-state index in [0.29, 0.717) is 18.3 Å². The van der Waals surface area contributed by atoms with E-state index in [2.05, 4.69) is 10.2 Å². The van der Waals surface area contributed by atoms with Crippen molar-refractivity contribution < 1.29 is 8.42 Å². The lowest BCUT2D eigenvalue weighted by Gasteiger charge is -2.06. The second-order valence-corrected chi connectivity index (χ2v) is 7.50. The zero-order valence-electron chi connectivity index (χ0n) is 9.66. The Hall–Kier alpha value is -0.600. The summed E-state index contributed by atoms with van der Waals surface area (Å²) in [5, 5.41) is 8.89. The van der Waals surface area contributed by atoms with E-state index in [4.69, 9.17) is 5.73 Å². The molecule has 0 spiro atoms. The number of aromatic nitrogens is 3. The molecule has 1 aliphatic carbocycles. The molecule has 96 valence electrons. The topological polar surface area (TPSA) is 90.9 Å². The van der Waals surface area contributed by atoms with Gasteiger partial charge in [0.05, 0.1) is 12.3 Å². The summed E-state index contributed by atoms with van der Waals surface area (Å²) in [6.07, 6.45) is 3.50. The number of rotatable bonds is 6. The minimum Gasteiger partial charge on any atom is -0.324 e. The molecule has 17 heavy (non-hydrogen) atoms. The first-order valence-electron chi connectivity index (χ1n) is 5.45. The third-order valence-corrected chi connectivity index (χ3v) is 4.66. The van der Waals surface area contributed by atoms with Crippen LogP contribution >= 0.6 is 11.8 Å². The van der Waals surface area contributed by atoms with Crippen LogP contribution in [0.25, 0.3) is 0 Å². The Balaban J connectivity index is 2.03. The summed E-state index contributed by atoms with van der Waals surface area (Å²) < 4.78 is 24.1. The van der Waals surface area contributed by atoms with Gasteiger partial charge in [0, 0.05) is 18.1 Å². The first kappa shape index (κ1) is 12.8. The third-order valence-electron chi connectivity index (χ3n) is 2.52. The van der Waals surface area contributed by atoms with Crippen LogP contribution in [0.2, 0.25) is 0 Å². The Morgan fingerprint density at radius 1 is 1.47 bits per heavy atom. The first-order chi connectivity index (χ1) is 8.01. The van der Waals surface area contributed by atoms with Crippen LogP contribution in [-0.2, 0) is 16.4 Å². The second-order valence-electron chi connectivity index (χ2n) is 4.18. The highest BCUT2D eigenvalue weighted by Crippen LogP contribution is 2.38. The Kier molecular flexibility index (Phi) is 3.74. The lowest BCUT2D eigenvalue weighted by Crippen LogP contribution is -2.09. The summed E-state index contributed by atoms with van der Waals surface area (Å²) in [5.41, 5.74) is 5.60. The van der Waals surface area contributed by atoms with Crippen LogP contribution in [0.1, 0.15) is 24.7 Å².